The van der Waals surface area contributed by atoms with Crippen molar-refractivity contribution in [1.29, 1.82) is 0 Å². The molecule has 2 atom stereocenters. The molecule has 4 nitrogen and oxygen atoms in total. The minimum Gasteiger partial charge on any atom is -0.447 e. The Morgan fingerprint density at radius 2 is 2.21 bits per heavy atom. The molecule has 2 rings (SSSR count). The average Bonchev–Trinajstić information content (AvgIpc) is 2.85. The fourth-order valence-electron chi connectivity index (χ4n) is 2.66. The van der Waals surface area contributed by atoms with Crippen molar-refractivity contribution in [1.82, 2.24) is 10.3 Å². The van der Waals surface area contributed by atoms with Crippen molar-refractivity contribution in [2.24, 2.45) is 5.92 Å². The first-order valence-electron chi connectivity index (χ1n) is 7.53. The highest BCUT2D eigenvalue weighted by Gasteiger charge is 2.26. The number of hydrogen-bond acceptors (Lipinski definition) is 4. The van der Waals surface area contributed by atoms with Crippen molar-refractivity contribution in [3.8, 4) is 6.08 Å². The summed E-state index contributed by atoms with van der Waals surface area (Å²) in [5.74, 6) is 0.651. The maximum atomic E-state index is 5.94. The second-order valence-electron chi connectivity index (χ2n) is 5.75. The van der Waals surface area contributed by atoms with Crippen LogP contribution in [0.3, 0.4) is 0 Å². The number of aromatic nitrogens is 1. The molecular formula is C15H26N2O2. The maximum Gasteiger partial charge on any atom is 0.394 e. The Bertz CT molecular complexity index is 376. The smallest absolute Gasteiger partial charge is 0.394 e. The Hall–Kier alpha value is -1.03. The Morgan fingerprint density at radius 3 is 2.95 bits per heavy atom. The first-order chi connectivity index (χ1) is 9.19. The second-order valence-corrected chi connectivity index (χ2v) is 5.75. The molecule has 0 aromatic carbocycles. The lowest BCUT2D eigenvalue weighted by atomic mass is 9.85. The third-order valence-corrected chi connectivity index (χ3v) is 3.84. The third-order valence-electron chi connectivity index (χ3n) is 3.84. The van der Waals surface area contributed by atoms with Gasteiger partial charge in [0.1, 0.15) is 12.4 Å². The molecular weight excluding hydrogens is 240 g/mol. The molecule has 0 radical (unpaired) electrons. The molecule has 0 bridgehead atoms. The van der Waals surface area contributed by atoms with Crippen LogP contribution in [0, 0.1) is 5.92 Å². The van der Waals surface area contributed by atoms with E-state index >= 15 is 0 Å². The number of ether oxygens (including phenoxy) is 1. The Balaban J connectivity index is 1.88. The van der Waals surface area contributed by atoms with Crippen molar-refractivity contribution in [3.63, 3.8) is 0 Å². The molecule has 1 aromatic heterocycles. The topological polar surface area (TPSA) is 47.3 Å². The largest absolute Gasteiger partial charge is 0.447 e. The third kappa shape index (κ3) is 4.23. The van der Waals surface area contributed by atoms with Crippen LogP contribution in [0.25, 0.3) is 0 Å². The van der Waals surface area contributed by atoms with E-state index in [1.165, 1.54) is 25.7 Å². The number of nitrogens with zero attached hydrogens (tertiary/aromatic N) is 1. The van der Waals surface area contributed by atoms with E-state index in [0.717, 1.165) is 18.7 Å². The van der Waals surface area contributed by atoms with E-state index in [4.69, 9.17) is 9.15 Å². The molecule has 1 aromatic rings. The van der Waals surface area contributed by atoms with Gasteiger partial charge in [-0.05, 0) is 31.6 Å². The van der Waals surface area contributed by atoms with Crippen LogP contribution in [0.2, 0.25) is 0 Å². The highest BCUT2D eigenvalue weighted by atomic mass is 16.6. The quantitative estimate of drug-likeness (QED) is 0.855. The minimum atomic E-state index is 0.281. The lowest BCUT2D eigenvalue weighted by molar-refractivity contribution is 0.0610. The van der Waals surface area contributed by atoms with Gasteiger partial charge in [-0.1, -0.05) is 27.2 Å². The van der Waals surface area contributed by atoms with Crippen molar-refractivity contribution >= 4 is 0 Å². The van der Waals surface area contributed by atoms with E-state index in [2.05, 4.69) is 31.1 Å². The van der Waals surface area contributed by atoms with Gasteiger partial charge in [0, 0.05) is 12.6 Å². The monoisotopic (exact) mass is 266 g/mol. The molecule has 2 unspecified atom stereocenters. The summed E-state index contributed by atoms with van der Waals surface area (Å²) in [6, 6.07) is 0.448. The summed E-state index contributed by atoms with van der Waals surface area (Å²) in [5.41, 5.74) is 0.910. The molecule has 1 heterocycles. The SMILES string of the molecule is CCC1CCCCC1Oc1nc(CNC(C)C)co1. The van der Waals surface area contributed by atoms with Crippen LogP contribution < -0.4 is 10.1 Å². The second kappa shape index (κ2) is 6.94. The van der Waals surface area contributed by atoms with Gasteiger partial charge in [0.05, 0.1) is 5.69 Å². The van der Waals surface area contributed by atoms with E-state index in [-0.39, 0.29) is 6.10 Å². The Morgan fingerprint density at radius 1 is 1.42 bits per heavy atom. The first kappa shape index (κ1) is 14.4. The lowest BCUT2D eigenvalue weighted by Crippen LogP contribution is -2.30. The molecule has 0 spiro atoms. The molecule has 1 saturated carbocycles. The normalized spacial score (nSPS) is 23.8. The zero-order valence-corrected chi connectivity index (χ0v) is 12.3. The lowest BCUT2D eigenvalue weighted by Gasteiger charge is -2.29. The maximum absolute atomic E-state index is 5.94. The van der Waals surface area contributed by atoms with Gasteiger partial charge in [0.2, 0.25) is 0 Å². The van der Waals surface area contributed by atoms with E-state index < -0.39 is 0 Å². The molecule has 1 aliphatic carbocycles. The standard InChI is InChI=1S/C15H26N2O2/c1-4-12-7-5-6-8-14(12)19-15-17-13(10-18-15)9-16-11(2)3/h10-12,14,16H,4-9H2,1-3H3. The van der Waals surface area contributed by atoms with Gasteiger partial charge in [0.15, 0.2) is 0 Å². The van der Waals surface area contributed by atoms with E-state index in [1.54, 1.807) is 6.26 Å². The van der Waals surface area contributed by atoms with Crippen molar-refractivity contribution in [2.75, 3.05) is 0 Å². The van der Waals surface area contributed by atoms with Crippen LogP contribution in [0.15, 0.2) is 10.7 Å². The molecule has 1 aliphatic rings. The molecule has 19 heavy (non-hydrogen) atoms. The van der Waals surface area contributed by atoms with E-state index in [1.807, 2.05) is 0 Å². The van der Waals surface area contributed by atoms with E-state index in [0.29, 0.717) is 18.0 Å². The number of rotatable bonds is 6. The highest BCUT2D eigenvalue weighted by molar-refractivity contribution is 5.00. The number of nitrogens with one attached hydrogen (secondary N) is 1. The van der Waals surface area contributed by atoms with Crippen molar-refractivity contribution < 1.29 is 9.15 Å². The van der Waals surface area contributed by atoms with Crippen LogP contribution in [0.1, 0.15) is 58.6 Å². The molecule has 1 fully saturated rings. The number of hydrogen-bond donors (Lipinski definition) is 1. The predicted molar refractivity (Wildman–Crippen MR) is 75.1 cm³/mol. The summed E-state index contributed by atoms with van der Waals surface area (Å²) in [7, 11) is 0. The van der Waals surface area contributed by atoms with Gasteiger partial charge >= 0.3 is 6.08 Å². The van der Waals surface area contributed by atoms with Gasteiger partial charge < -0.3 is 14.5 Å². The van der Waals surface area contributed by atoms with Gasteiger partial charge in [-0.2, -0.15) is 4.98 Å². The predicted octanol–water partition coefficient (Wildman–Crippen LogP) is 3.52. The minimum absolute atomic E-state index is 0.281. The molecule has 0 aliphatic heterocycles. The summed E-state index contributed by atoms with van der Waals surface area (Å²) >= 11 is 0. The zero-order chi connectivity index (χ0) is 13.7. The van der Waals surface area contributed by atoms with Gasteiger partial charge in [-0.15, -0.1) is 0 Å². The van der Waals surface area contributed by atoms with E-state index in [9.17, 15) is 0 Å². The van der Waals surface area contributed by atoms with Crippen LogP contribution in [-0.4, -0.2) is 17.1 Å². The van der Waals surface area contributed by atoms with Crippen LogP contribution >= 0.6 is 0 Å². The summed E-state index contributed by atoms with van der Waals surface area (Å²) in [4.78, 5) is 4.39. The highest BCUT2D eigenvalue weighted by Crippen LogP contribution is 2.30. The van der Waals surface area contributed by atoms with Crippen LogP contribution in [-0.2, 0) is 6.54 Å². The molecule has 108 valence electrons. The van der Waals surface area contributed by atoms with Gasteiger partial charge in [0.25, 0.3) is 0 Å². The Labute approximate surface area is 115 Å². The number of oxazole rings is 1. The summed E-state index contributed by atoms with van der Waals surface area (Å²) in [6.45, 7) is 7.20. The Kier molecular flexibility index (Phi) is 5.25. The van der Waals surface area contributed by atoms with Gasteiger partial charge in [-0.25, -0.2) is 0 Å². The van der Waals surface area contributed by atoms with Crippen molar-refractivity contribution in [2.45, 2.75) is 71.6 Å². The molecule has 1 N–H and O–H groups in total. The molecule has 0 amide bonds. The van der Waals surface area contributed by atoms with Crippen molar-refractivity contribution in [3.05, 3.63) is 12.0 Å². The van der Waals surface area contributed by atoms with Crippen LogP contribution in [0.4, 0.5) is 0 Å². The first-order valence-corrected chi connectivity index (χ1v) is 7.53. The molecule has 0 saturated heterocycles. The van der Waals surface area contributed by atoms with Gasteiger partial charge in [-0.3, -0.25) is 0 Å². The fourth-order valence-corrected chi connectivity index (χ4v) is 2.66. The average molecular weight is 266 g/mol. The molecule has 4 heteroatoms. The summed E-state index contributed by atoms with van der Waals surface area (Å²) < 4.78 is 11.4. The summed E-state index contributed by atoms with van der Waals surface area (Å²) in [6.07, 6.45) is 8.55. The zero-order valence-electron chi connectivity index (χ0n) is 12.3. The summed E-state index contributed by atoms with van der Waals surface area (Å²) in [5, 5.41) is 3.32. The van der Waals surface area contributed by atoms with Crippen LogP contribution in [0.5, 0.6) is 6.08 Å². The fraction of sp³-hybridized carbons (Fsp3) is 0.800.